The van der Waals surface area contributed by atoms with E-state index < -0.39 is 17.5 Å². The standard InChI is InChI=1S/C21H27N3O2/c1-14(2)12-18(19(22)25)24-20(26)21(10-5-11-23-21)17-9-8-15-6-3-4-7-16(15)13-17/h3-4,6-9,13-14,18,23H,5,10-12H2,1-2H3,(H2,22,25)(H,24,26)/t18-,21+/m0/s1. The minimum atomic E-state index is -0.811. The predicted octanol–water partition coefficient (Wildman–Crippen LogP) is 2.43. The maximum Gasteiger partial charge on any atom is 0.245 e. The lowest BCUT2D eigenvalue weighted by molar-refractivity contribution is -0.132. The van der Waals surface area contributed by atoms with Crippen molar-refractivity contribution in [1.29, 1.82) is 0 Å². The largest absolute Gasteiger partial charge is 0.368 e. The van der Waals surface area contributed by atoms with Crippen molar-refractivity contribution in [2.24, 2.45) is 11.7 Å². The second kappa shape index (κ2) is 7.46. The van der Waals surface area contributed by atoms with Gasteiger partial charge < -0.3 is 11.1 Å². The van der Waals surface area contributed by atoms with Crippen LogP contribution in [0.25, 0.3) is 10.8 Å². The Kier molecular flexibility index (Phi) is 5.28. The Morgan fingerprint density at radius 1 is 1.19 bits per heavy atom. The maximum absolute atomic E-state index is 13.2. The topological polar surface area (TPSA) is 84.2 Å². The predicted molar refractivity (Wildman–Crippen MR) is 103 cm³/mol. The molecule has 0 bridgehead atoms. The van der Waals surface area contributed by atoms with Crippen LogP contribution in [-0.4, -0.2) is 24.4 Å². The molecular formula is C21H27N3O2. The summed E-state index contributed by atoms with van der Waals surface area (Å²) in [5, 5.41) is 8.52. The van der Waals surface area contributed by atoms with Crippen LogP contribution >= 0.6 is 0 Å². The van der Waals surface area contributed by atoms with E-state index in [0.717, 1.165) is 29.3 Å². The lowest BCUT2D eigenvalue weighted by Crippen LogP contribution is -2.56. The Morgan fingerprint density at radius 2 is 1.92 bits per heavy atom. The van der Waals surface area contributed by atoms with E-state index >= 15 is 0 Å². The first-order valence-corrected chi connectivity index (χ1v) is 9.27. The smallest absolute Gasteiger partial charge is 0.245 e. The number of nitrogens with two attached hydrogens (primary N) is 1. The lowest BCUT2D eigenvalue weighted by atomic mass is 9.85. The Hall–Kier alpha value is -2.40. The summed E-state index contributed by atoms with van der Waals surface area (Å²) >= 11 is 0. The number of rotatable bonds is 6. The molecular weight excluding hydrogens is 326 g/mol. The number of benzene rings is 2. The Balaban J connectivity index is 1.93. The molecule has 2 amide bonds. The lowest BCUT2D eigenvalue weighted by Gasteiger charge is -2.31. The molecule has 1 fully saturated rings. The molecule has 3 rings (SSSR count). The first-order chi connectivity index (χ1) is 12.4. The van der Waals surface area contributed by atoms with Crippen LogP contribution in [0, 0.1) is 5.92 Å². The molecule has 1 aliphatic heterocycles. The number of amides is 2. The van der Waals surface area contributed by atoms with Gasteiger partial charge >= 0.3 is 0 Å². The van der Waals surface area contributed by atoms with Crippen LogP contribution in [0.2, 0.25) is 0 Å². The molecule has 0 aliphatic carbocycles. The highest BCUT2D eigenvalue weighted by Gasteiger charge is 2.43. The number of carbonyl (C=O) groups is 2. The number of primary amides is 1. The number of hydrogen-bond donors (Lipinski definition) is 3. The van der Waals surface area contributed by atoms with Gasteiger partial charge in [-0.05, 0) is 54.1 Å². The monoisotopic (exact) mass is 353 g/mol. The van der Waals surface area contributed by atoms with Crippen molar-refractivity contribution in [2.75, 3.05) is 6.54 Å². The van der Waals surface area contributed by atoms with Gasteiger partial charge in [-0.25, -0.2) is 0 Å². The van der Waals surface area contributed by atoms with Crippen LogP contribution in [-0.2, 0) is 15.1 Å². The maximum atomic E-state index is 13.2. The van der Waals surface area contributed by atoms with E-state index in [4.69, 9.17) is 5.73 Å². The molecule has 26 heavy (non-hydrogen) atoms. The fourth-order valence-corrected chi connectivity index (χ4v) is 3.77. The van der Waals surface area contributed by atoms with Crippen molar-refractivity contribution < 1.29 is 9.59 Å². The molecule has 1 aliphatic rings. The van der Waals surface area contributed by atoms with E-state index in [9.17, 15) is 9.59 Å². The zero-order valence-corrected chi connectivity index (χ0v) is 15.4. The molecule has 5 nitrogen and oxygen atoms in total. The highest BCUT2D eigenvalue weighted by Crippen LogP contribution is 2.33. The summed E-state index contributed by atoms with van der Waals surface area (Å²) in [6.45, 7) is 4.79. The summed E-state index contributed by atoms with van der Waals surface area (Å²) in [5.74, 6) is -0.394. The van der Waals surface area contributed by atoms with Crippen LogP contribution < -0.4 is 16.4 Å². The third-order valence-corrected chi connectivity index (χ3v) is 5.14. The highest BCUT2D eigenvalue weighted by molar-refractivity contribution is 5.94. The van der Waals surface area contributed by atoms with E-state index in [0.29, 0.717) is 12.8 Å². The summed E-state index contributed by atoms with van der Waals surface area (Å²) in [5.41, 5.74) is 5.63. The quantitative estimate of drug-likeness (QED) is 0.746. The van der Waals surface area contributed by atoms with Crippen molar-refractivity contribution in [2.45, 2.75) is 44.7 Å². The van der Waals surface area contributed by atoms with Crippen molar-refractivity contribution >= 4 is 22.6 Å². The van der Waals surface area contributed by atoms with Crippen LogP contribution in [0.3, 0.4) is 0 Å². The number of nitrogens with one attached hydrogen (secondary N) is 2. The van der Waals surface area contributed by atoms with Crippen molar-refractivity contribution in [3.05, 3.63) is 48.0 Å². The highest BCUT2D eigenvalue weighted by atomic mass is 16.2. The minimum Gasteiger partial charge on any atom is -0.368 e. The van der Waals surface area contributed by atoms with Gasteiger partial charge in [0.15, 0.2) is 0 Å². The van der Waals surface area contributed by atoms with Gasteiger partial charge in [-0.1, -0.05) is 50.2 Å². The minimum absolute atomic E-state index is 0.172. The fourth-order valence-electron chi connectivity index (χ4n) is 3.77. The van der Waals surface area contributed by atoms with E-state index in [1.807, 2.05) is 44.2 Å². The normalized spacial score (nSPS) is 21.0. The first kappa shape index (κ1) is 18.4. The van der Waals surface area contributed by atoms with Crippen LogP contribution in [0.5, 0.6) is 0 Å². The molecule has 2 atom stereocenters. The molecule has 5 heteroatoms. The van der Waals surface area contributed by atoms with E-state index in [1.54, 1.807) is 0 Å². The third kappa shape index (κ3) is 3.58. The average Bonchev–Trinajstić information content (AvgIpc) is 3.11. The molecule has 4 N–H and O–H groups in total. The molecule has 138 valence electrons. The first-order valence-electron chi connectivity index (χ1n) is 9.27. The van der Waals surface area contributed by atoms with Crippen molar-refractivity contribution in [3.63, 3.8) is 0 Å². The second-order valence-electron chi connectivity index (χ2n) is 7.56. The Morgan fingerprint density at radius 3 is 2.54 bits per heavy atom. The molecule has 0 radical (unpaired) electrons. The van der Waals surface area contributed by atoms with Crippen molar-refractivity contribution in [1.82, 2.24) is 10.6 Å². The van der Waals surface area contributed by atoms with Gasteiger partial charge in [0, 0.05) is 0 Å². The van der Waals surface area contributed by atoms with Gasteiger partial charge in [0.25, 0.3) is 0 Å². The van der Waals surface area contributed by atoms with E-state index in [2.05, 4.69) is 22.8 Å². The molecule has 2 aromatic carbocycles. The second-order valence-corrected chi connectivity index (χ2v) is 7.56. The van der Waals surface area contributed by atoms with Gasteiger partial charge in [0.1, 0.15) is 11.6 Å². The fraction of sp³-hybridized carbons (Fsp3) is 0.429. The van der Waals surface area contributed by atoms with E-state index in [-0.39, 0.29) is 11.8 Å². The molecule has 1 heterocycles. The number of hydrogen-bond acceptors (Lipinski definition) is 3. The van der Waals surface area contributed by atoms with Gasteiger partial charge in [0.05, 0.1) is 0 Å². The molecule has 0 unspecified atom stereocenters. The Bertz CT molecular complexity index is 810. The van der Waals surface area contributed by atoms with Crippen LogP contribution in [0.15, 0.2) is 42.5 Å². The molecule has 0 saturated carbocycles. The molecule has 0 aromatic heterocycles. The number of fused-ring (bicyclic) bond motifs is 1. The third-order valence-electron chi connectivity index (χ3n) is 5.14. The van der Waals surface area contributed by atoms with E-state index in [1.165, 1.54) is 0 Å². The van der Waals surface area contributed by atoms with Gasteiger partial charge in [0.2, 0.25) is 11.8 Å². The zero-order chi connectivity index (χ0) is 18.7. The molecule has 1 saturated heterocycles. The van der Waals surface area contributed by atoms with Crippen LogP contribution in [0.1, 0.15) is 38.7 Å². The van der Waals surface area contributed by atoms with Gasteiger partial charge in [-0.3, -0.25) is 14.9 Å². The summed E-state index contributed by atoms with van der Waals surface area (Å²) in [6, 6.07) is 13.6. The molecule has 2 aromatic rings. The average molecular weight is 353 g/mol. The number of carbonyl (C=O) groups excluding carboxylic acids is 2. The van der Waals surface area contributed by atoms with Crippen LogP contribution in [0.4, 0.5) is 0 Å². The summed E-state index contributed by atoms with van der Waals surface area (Å²) in [4.78, 5) is 25.0. The zero-order valence-electron chi connectivity index (χ0n) is 15.4. The summed E-state index contributed by atoms with van der Waals surface area (Å²) < 4.78 is 0. The SMILES string of the molecule is CC(C)C[C@H](NC(=O)[C@]1(c2ccc3ccccc3c2)CCCN1)C(N)=O. The van der Waals surface area contributed by atoms with Gasteiger partial charge in [-0.2, -0.15) is 0 Å². The molecule has 0 spiro atoms. The Labute approximate surface area is 154 Å². The van der Waals surface area contributed by atoms with Gasteiger partial charge in [-0.15, -0.1) is 0 Å². The summed E-state index contributed by atoms with van der Waals surface area (Å²) in [7, 11) is 0. The van der Waals surface area contributed by atoms with Crippen molar-refractivity contribution in [3.8, 4) is 0 Å². The summed E-state index contributed by atoms with van der Waals surface area (Å²) in [6.07, 6.45) is 2.14.